The van der Waals surface area contributed by atoms with Gasteiger partial charge in [-0.2, -0.15) is 4.31 Å². The molecule has 1 aromatic heterocycles. The minimum atomic E-state index is -3.68. The molecule has 1 atom stereocenters. The highest BCUT2D eigenvalue weighted by Gasteiger charge is 2.32. The number of aromatic nitrogens is 3. The van der Waals surface area contributed by atoms with Gasteiger partial charge >= 0.3 is 0 Å². The largest absolute Gasteiger partial charge is 0.497 e. The number of nitrogens with one attached hydrogen (secondary N) is 1. The first-order valence-corrected chi connectivity index (χ1v) is 12.6. The van der Waals surface area contributed by atoms with Gasteiger partial charge in [0.25, 0.3) is 0 Å². The van der Waals surface area contributed by atoms with E-state index in [4.69, 9.17) is 4.74 Å². The summed E-state index contributed by atoms with van der Waals surface area (Å²) < 4.78 is 34.9. The van der Waals surface area contributed by atoms with Crippen LogP contribution in [-0.4, -0.2) is 53.8 Å². The van der Waals surface area contributed by atoms with Crippen LogP contribution in [0.1, 0.15) is 39.2 Å². The van der Waals surface area contributed by atoms with E-state index in [1.165, 1.54) is 4.31 Å². The number of piperidine rings is 1. The van der Waals surface area contributed by atoms with E-state index in [9.17, 15) is 13.2 Å². The Hall–Kier alpha value is -2.98. The van der Waals surface area contributed by atoms with Crippen molar-refractivity contribution in [1.29, 1.82) is 0 Å². The van der Waals surface area contributed by atoms with Crippen LogP contribution in [-0.2, 0) is 14.8 Å². The van der Waals surface area contributed by atoms with Crippen LogP contribution in [0.2, 0.25) is 0 Å². The van der Waals surface area contributed by atoms with Gasteiger partial charge in [-0.15, -0.1) is 5.10 Å². The van der Waals surface area contributed by atoms with E-state index in [1.807, 2.05) is 17.7 Å². The molecule has 1 saturated heterocycles. The van der Waals surface area contributed by atoms with Crippen molar-refractivity contribution < 1.29 is 17.9 Å². The van der Waals surface area contributed by atoms with Crippen LogP contribution >= 0.6 is 0 Å². The number of carbonyl (C=O) groups is 1. The van der Waals surface area contributed by atoms with Crippen molar-refractivity contribution in [3.63, 3.8) is 0 Å². The van der Waals surface area contributed by atoms with Gasteiger partial charge in [0.05, 0.1) is 23.6 Å². The number of methoxy groups -OCH3 is 1. The van der Waals surface area contributed by atoms with Gasteiger partial charge in [0, 0.05) is 30.8 Å². The van der Waals surface area contributed by atoms with Gasteiger partial charge < -0.3 is 10.1 Å². The predicted octanol–water partition coefficient (Wildman–Crippen LogP) is 3.45. The molecule has 2 aromatic carbocycles. The van der Waals surface area contributed by atoms with Crippen molar-refractivity contribution in [3.8, 4) is 5.75 Å². The van der Waals surface area contributed by atoms with Gasteiger partial charge in [0.15, 0.2) is 0 Å². The molecule has 1 N–H and O–H groups in total. The summed E-state index contributed by atoms with van der Waals surface area (Å²) in [6.45, 7) is 4.69. The van der Waals surface area contributed by atoms with Gasteiger partial charge in [0.2, 0.25) is 15.9 Å². The molecule has 4 rings (SSSR count). The summed E-state index contributed by atoms with van der Waals surface area (Å²) in [5, 5.41) is 11.2. The maximum absolute atomic E-state index is 13.2. The maximum atomic E-state index is 13.2. The molecule has 176 valence electrons. The van der Waals surface area contributed by atoms with E-state index in [-0.39, 0.29) is 35.9 Å². The Morgan fingerprint density at radius 3 is 2.67 bits per heavy atom. The number of fused-ring (bicyclic) bond motifs is 1. The van der Waals surface area contributed by atoms with Crippen LogP contribution in [0.25, 0.3) is 11.0 Å². The lowest BCUT2D eigenvalue weighted by atomic mass is 9.97. The fraction of sp³-hybridized carbons (Fsp3) is 0.435. The Kier molecular flexibility index (Phi) is 6.66. The summed E-state index contributed by atoms with van der Waals surface area (Å²) in [6, 6.07) is 12.3. The van der Waals surface area contributed by atoms with Crippen LogP contribution in [0, 0.1) is 5.92 Å². The second kappa shape index (κ2) is 9.48. The lowest BCUT2D eigenvalue weighted by molar-refractivity contribution is -0.120. The average molecular weight is 472 g/mol. The molecule has 0 bridgehead atoms. The number of benzene rings is 2. The van der Waals surface area contributed by atoms with E-state index in [0.29, 0.717) is 29.8 Å². The fourth-order valence-corrected chi connectivity index (χ4v) is 5.52. The highest BCUT2D eigenvalue weighted by Crippen LogP contribution is 2.27. The van der Waals surface area contributed by atoms with Gasteiger partial charge in [-0.25, -0.2) is 13.1 Å². The molecule has 0 radical (unpaired) electrons. The lowest BCUT2D eigenvalue weighted by Crippen LogP contribution is -2.41. The molecule has 9 nitrogen and oxygen atoms in total. The zero-order chi connectivity index (χ0) is 23.6. The topological polar surface area (TPSA) is 106 Å². The number of rotatable bonds is 7. The van der Waals surface area contributed by atoms with E-state index >= 15 is 0 Å². The normalized spacial score (nSPS) is 16.6. The summed E-state index contributed by atoms with van der Waals surface area (Å²) >= 11 is 0. The summed E-state index contributed by atoms with van der Waals surface area (Å²) in [7, 11) is -2.11. The molecule has 2 heterocycles. The van der Waals surface area contributed by atoms with Gasteiger partial charge in [-0.3, -0.25) is 4.79 Å². The van der Waals surface area contributed by atoms with Crippen LogP contribution < -0.4 is 10.1 Å². The van der Waals surface area contributed by atoms with E-state index < -0.39 is 10.0 Å². The molecule has 1 aliphatic heterocycles. The number of nitrogens with zero attached hydrogens (tertiary/aromatic N) is 4. The monoisotopic (exact) mass is 471 g/mol. The average Bonchev–Trinajstić information content (AvgIpc) is 3.27. The fourth-order valence-electron chi connectivity index (χ4n) is 4.03. The highest BCUT2D eigenvalue weighted by molar-refractivity contribution is 7.89. The Morgan fingerprint density at radius 2 is 1.97 bits per heavy atom. The van der Waals surface area contributed by atoms with Crippen molar-refractivity contribution in [2.45, 2.75) is 44.0 Å². The van der Waals surface area contributed by atoms with Crippen molar-refractivity contribution in [3.05, 3.63) is 42.5 Å². The molecule has 33 heavy (non-hydrogen) atoms. The Labute approximate surface area is 193 Å². The van der Waals surface area contributed by atoms with Gasteiger partial charge in [0.1, 0.15) is 11.3 Å². The third-order valence-corrected chi connectivity index (χ3v) is 8.15. The van der Waals surface area contributed by atoms with Crippen molar-refractivity contribution >= 4 is 32.7 Å². The van der Waals surface area contributed by atoms with E-state index in [0.717, 1.165) is 11.9 Å². The van der Waals surface area contributed by atoms with Crippen LogP contribution in [0.4, 0.5) is 5.69 Å². The molecule has 1 unspecified atom stereocenters. The first-order valence-electron chi connectivity index (χ1n) is 11.1. The Morgan fingerprint density at radius 1 is 1.21 bits per heavy atom. The quantitative estimate of drug-likeness (QED) is 0.566. The third kappa shape index (κ3) is 4.72. The second-order valence-corrected chi connectivity index (χ2v) is 10.3. The van der Waals surface area contributed by atoms with Gasteiger partial charge in [-0.05, 0) is 56.5 Å². The van der Waals surface area contributed by atoms with Crippen molar-refractivity contribution in [2.24, 2.45) is 5.92 Å². The molecule has 1 amide bonds. The second-order valence-electron chi connectivity index (χ2n) is 8.34. The highest BCUT2D eigenvalue weighted by atomic mass is 32.2. The molecule has 3 aromatic rings. The molecule has 1 aliphatic rings. The Bertz CT molecular complexity index is 1250. The van der Waals surface area contributed by atoms with Gasteiger partial charge in [-0.1, -0.05) is 18.2 Å². The number of sulfonamides is 1. The van der Waals surface area contributed by atoms with Crippen molar-refractivity contribution in [1.82, 2.24) is 19.3 Å². The number of ether oxygens (including phenoxy) is 1. The number of amides is 1. The zero-order valence-corrected chi connectivity index (χ0v) is 19.9. The minimum Gasteiger partial charge on any atom is -0.497 e. The number of carbonyl (C=O) groups excluding carboxylic acids is 1. The van der Waals surface area contributed by atoms with Crippen molar-refractivity contribution in [2.75, 3.05) is 25.5 Å². The first kappa shape index (κ1) is 23.2. The summed E-state index contributed by atoms with van der Waals surface area (Å²) in [6.07, 6.45) is 1.82. The molecule has 1 fully saturated rings. The smallest absolute Gasteiger partial charge is 0.243 e. The van der Waals surface area contributed by atoms with Crippen LogP contribution in [0.3, 0.4) is 0 Å². The SMILES string of the molecule is CCC(C)n1nnc2cc(S(=O)(=O)N3CCC(C(=O)Nc4cccc(OC)c4)CC3)ccc21. The summed E-state index contributed by atoms with van der Waals surface area (Å²) in [5.74, 6) is 0.304. The molecule has 0 saturated carbocycles. The standard InChI is InChI=1S/C23H29N5O4S/c1-4-16(2)28-22-9-8-20(15-21(22)25-26-28)33(30,31)27-12-10-17(11-13-27)23(29)24-18-6-5-7-19(14-18)32-3/h5-9,14-17H,4,10-13H2,1-3H3,(H,24,29). The predicted molar refractivity (Wildman–Crippen MR) is 126 cm³/mol. The number of hydrogen-bond acceptors (Lipinski definition) is 6. The lowest BCUT2D eigenvalue weighted by Gasteiger charge is -2.30. The first-order chi connectivity index (χ1) is 15.8. The number of hydrogen-bond donors (Lipinski definition) is 1. The van der Waals surface area contributed by atoms with Crippen LogP contribution in [0.15, 0.2) is 47.4 Å². The summed E-state index contributed by atoms with van der Waals surface area (Å²) in [5.41, 5.74) is 2.04. The summed E-state index contributed by atoms with van der Waals surface area (Å²) in [4.78, 5) is 12.9. The molecule has 10 heteroatoms. The number of anilines is 1. The minimum absolute atomic E-state index is 0.108. The zero-order valence-electron chi connectivity index (χ0n) is 19.1. The van der Waals surface area contributed by atoms with E-state index in [2.05, 4.69) is 22.6 Å². The van der Waals surface area contributed by atoms with E-state index in [1.54, 1.807) is 43.5 Å². The molecule has 0 spiro atoms. The maximum Gasteiger partial charge on any atom is 0.243 e. The Balaban J connectivity index is 1.42. The molecular weight excluding hydrogens is 442 g/mol. The third-order valence-electron chi connectivity index (χ3n) is 6.25. The molecular formula is C23H29N5O4S. The molecule has 0 aliphatic carbocycles. The van der Waals surface area contributed by atoms with Crippen LogP contribution in [0.5, 0.6) is 5.75 Å².